The van der Waals surface area contributed by atoms with E-state index < -0.39 is 27.8 Å². The number of nitrogens with one attached hydrogen (secondary N) is 1. The molecule has 1 atom stereocenters. The van der Waals surface area contributed by atoms with Crippen LogP contribution in [0.15, 0.2) is 29.2 Å². The molecule has 0 aliphatic carbocycles. The van der Waals surface area contributed by atoms with Crippen molar-refractivity contribution in [2.45, 2.75) is 17.4 Å². The minimum Gasteiger partial charge on any atom is -0.479 e. The predicted octanol–water partition coefficient (Wildman–Crippen LogP) is -0.345. The molecular weight excluding hydrogens is 286 g/mol. The highest BCUT2D eigenvalue weighted by atomic mass is 32.2. The minimum atomic E-state index is -3.40. The van der Waals surface area contributed by atoms with Crippen molar-refractivity contribution in [2.75, 3.05) is 12.8 Å². The van der Waals surface area contributed by atoms with Crippen LogP contribution in [0.3, 0.4) is 0 Å². The van der Waals surface area contributed by atoms with Crippen LogP contribution in [0.4, 0.5) is 0 Å². The van der Waals surface area contributed by atoms with Crippen molar-refractivity contribution in [2.24, 2.45) is 0 Å². The molecule has 0 aliphatic heterocycles. The fraction of sp³-hybridized carbons (Fsp3) is 0.333. The second kappa shape index (κ2) is 6.49. The minimum absolute atomic E-state index is 0.0238. The molecule has 0 spiro atoms. The summed E-state index contributed by atoms with van der Waals surface area (Å²) in [5.74, 6) is -1.90. The normalized spacial score (nSPS) is 12.7. The van der Waals surface area contributed by atoms with Crippen molar-refractivity contribution in [1.82, 2.24) is 5.32 Å². The highest BCUT2D eigenvalue weighted by Crippen LogP contribution is 2.11. The third-order valence-corrected chi connectivity index (χ3v) is 3.62. The molecule has 0 fully saturated rings. The van der Waals surface area contributed by atoms with Crippen LogP contribution in [0.2, 0.25) is 0 Å². The summed E-state index contributed by atoms with van der Waals surface area (Å²) in [6, 6.07) is 5.49. The second-order valence-corrected chi connectivity index (χ2v) is 6.21. The molecule has 1 aromatic carbocycles. The highest BCUT2D eigenvalue weighted by Gasteiger charge is 2.14. The number of aliphatic hydroxyl groups excluding tert-OH is 1. The Bertz CT molecular complexity index is 610. The lowest BCUT2D eigenvalue weighted by atomic mass is 10.2. The molecule has 8 heteroatoms. The van der Waals surface area contributed by atoms with Gasteiger partial charge < -0.3 is 15.5 Å². The lowest BCUT2D eigenvalue weighted by Crippen LogP contribution is -2.30. The first-order valence-corrected chi connectivity index (χ1v) is 7.60. The molecule has 0 radical (unpaired) electrons. The maximum atomic E-state index is 11.7. The van der Waals surface area contributed by atoms with Gasteiger partial charge in [0.25, 0.3) is 5.91 Å². The Labute approximate surface area is 116 Å². The molecule has 7 nitrogen and oxygen atoms in total. The fourth-order valence-electron chi connectivity index (χ4n) is 1.42. The van der Waals surface area contributed by atoms with E-state index in [9.17, 15) is 18.0 Å². The zero-order valence-electron chi connectivity index (χ0n) is 10.7. The van der Waals surface area contributed by atoms with Gasteiger partial charge in [-0.2, -0.15) is 0 Å². The standard InChI is InChI=1S/C12H15NO6S/c1-20(18,19)9-4-2-3-8(7-9)11(15)13-6-5-10(14)12(16)17/h2-4,7,10,14H,5-6H2,1H3,(H,13,15)(H,16,17)/t10-/m0/s1. The number of aliphatic carboxylic acids is 1. The molecular formula is C12H15NO6S. The number of carbonyl (C=O) groups excluding carboxylic acids is 1. The Morgan fingerprint density at radius 2 is 2.00 bits per heavy atom. The van der Waals surface area contributed by atoms with Crippen LogP contribution in [0, 0.1) is 0 Å². The number of hydrogen-bond donors (Lipinski definition) is 3. The van der Waals surface area contributed by atoms with Gasteiger partial charge in [-0.1, -0.05) is 6.07 Å². The van der Waals surface area contributed by atoms with Gasteiger partial charge in [-0.3, -0.25) is 4.79 Å². The topological polar surface area (TPSA) is 121 Å². The summed E-state index contributed by atoms with van der Waals surface area (Å²) in [4.78, 5) is 22.1. The van der Waals surface area contributed by atoms with Gasteiger partial charge in [0, 0.05) is 24.8 Å². The largest absolute Gasteiger partial charge is 0.479 e. The third kappa shape index (κ3) is 4.63. The average molecular weight is 301 g/mol. The highest BCUT2D eigenvalue weighted by molar-refractivity contribution is 7.90. The van der Waals surface area contributed by atoms with Crippen molar-refractivity contribution in [1.29, 1.82) is 0 Å². The van der Waals surface area contributed by atoms with E-state index >= 15 is 0 Å². The van der Waals surface area contributed by atoms with Gasteiger partial charge in [-0.25, -0.2) is 13.2 Å². The van der Waals surface area contributed by atoms with Gasteiger partial charge in [-0.05, 0) is 18.2 Å². The van der Waals surface area contributed by atoms with Crippen molar-refractivity contribution in [3.8, 4) is 0 Å². The van der Waals surface area contributed by atoms with E-state index in [0.29, 0.717) is 0 Å². The van der Waals surface area contributed by atoms with Crippen LogP contribution in [0.5, 0.6) is 0 Å². The molecule has 1 rings (SSSR count). The van der Waals surface area contributed by atoms with E-state index in [1.165, 1.54) is 24.3 Å². The van der Waals surface area contributed by atoms with Crippen LogP contribution in [0.25, 0.3) is 0 Å². The van der Waals surface area contributed by atoms with Crippen molar-refractivity contribution >= 4 is 21.7 Å². The summed E-state index contributed by atoms with van der Waals surface area (Å²) in [6.45, 7) is -0.0323. The van der Waals surface area contributed by atoms with Gasteiger partial charge in [0.05, 0.1) is 4.90 Å². The zero-order valence-corrected chi connectivity index (χ0v) is 11.6. The maximum Gasteiger partial charge on any atom is 0.332 e. The predicted molar refractivity (Wildman–Crippen MR) is 70.1 cm³/mol. The molecule has 20 heavy (non-hydrogen) atoms. The van der Waals surface area contributed by atoms with E-state index in [-0.39, 0.29) is 23.4 Å². The Morgan fingerprint density at radius 3 is 2.55 bits per heavy atom. The molecule has 0 aromatic heterocycles. The molecule has 0 aliphatic rings. The van der Waals surface area contributed by atoms with Gasteiger partial charge in [-0.15, -0.1) is 0 Å². The van der Waals surface area contributed by atoms with E-state index in [1.807, 2.05) is 0 Å². The average Bonchev–Trinajstić information content (AvgIpc) is 2.37. The van der Waals surface area contributed by atoms with Gasteiger partial charge in [0.1, 0.15) is 0 Å². The number of carboxylic acid groups (broad SMARTS) is 1. The molecule has 0 saturated carbocycles. The molecule has 0 bridgehead atoms. The molecule has 3 N–H and O–H groups in total. The SMILES string of the molecule is CS(=O)(=O)c1cccc(C(=O)NCC[C@H](O)C(=O)O)c1. The first-order valence-electron chi connectivity index (χ1n) is 5.71. The number of hydrogen-bond acceptors (Lipinski definition) is 5. The van der Waals surface area contributed by atoms with E-state index in [4.69, 9.17) is 10.2 Å². The van der Waals surface area contributed by atoms with Crippen LogP contribution in [0.1, 0.15) is 16.8 Å². The third-order valence-electron chi connectivity index (χ3n) is 2.51. The van der Waals surface area contributed by atoms with Crippen LogP contribution < -0.4 is 5.32 Å². The van der Waals surface area contributed by atoms with Crippen LogP contribution in [-0.4, -0.2) is 49.4 Å². The zero-order chi connectivity index (χ0) is 15.3. The molecule has 0 saturated heterocycles. The van der Waals surface area contributed by atoms with Crippen molar-refractivity contribution in [3.05, 3.63) is 29.8 Å². The number of amides is 1. The van der Waals surface area contributed by atoms with E-state index in [1.54, 1.807) is 0 Å². The lowest BCUT2D eigenvalue weighted by Gasteiger charge is -2.08. The number of benzene rings is 1. The molecule has 0 unspecified atom stereocenters. The van der Waals surface area contributed by atoms with Crippen LogP contribution >= 0.6 is 0 Å². The number of carbonyl (C=O) groups is 2. The number of carboxylic acids is 1. The van der Waals surface area contributed by atoms with Crippen LogP contribution in [-0.2, 0) is 14.6 Å². The molecule has 0 heterocycles. The summed E-state index contributed by atoms with van der Waals surface area (Å²) < 4.78 is 22.7. The quantitative estimate of drug-likeness (QED) is 0.660. The lowest BCUT2D eigenvalue weighted by molar-refractivity contribution is -0.146. The Kier molecular flexibility index (Phi) is 5.23. The van der Waals surface area contributed by atoms with Crippen molar-refractivity contribution in [3.63, 3.8) is 0 Å². The first kappa shape index (κ1) is 16.1. The molecule has 1 amide bonds. The smallest absolute Gasteiger partial charge is 0.332 e. The summed E-state index contributed by atoms with van der Waals surface area (Å²) in [6.07, 6.45) is -0.641. The fourth-order valence-corrected chi connectivity index (χ4v) is 2.08. The Morgan fingerprint density at radius 1 is 1.35 bits per heavy atom. The first-order chi connectivity index (χ1) is 9.21. The summed E-state index contributed by atoms with van der Waals surface area (Å²) in [5, 5.41) is 19.9. The summed E-state index contributed by atoms with van der Waals surface area (Å²) >= 11 is 0. The Hall–Kier alpha value is -1.93. The van der Waals surface area contributed by atoms with E-state index in [2.05, 4.69) is 5.32 Å². The van der Waals surface area contributed by atoms with E-state index in [0.717, 1.165) is 6.26 Å². The Balaban J connectivity index is 2.67. The summed E-state index contributed by atoms with van der Waals surface area (Å²) in [7, 11) is -3.40. The van der Waals surface area contributed by atoms with Crippen molar-refractivity contribution < 1.29 is 28.2 Å². The molecule has 110 valence electrons. The second-order valence-electron chi connectivity index (χ2n) is 4.20. The maximum absolute atomic E-state index is 11.7. The summed E-state index contributed by atoms with van der Waals surface area (Å²) in [5.41, 5.74) is 0.151. The number of rotatable bonds is 6. The monoisotopic (exact) mass is 301 g/mol. The van der Waals surface area contributed by atoms with Gasteiger partial charge in [0.2, 0.25) is 0 Å². The van der Waals surface area contributed by atoms with Gasteiger partial charge >= 0.3 is 5.97 Å². The number of sulfone groups is 1. The molecule has 1 aromatic rings. The van der Waals surface area contributed by atoms with Gasteiger partial charge in [0.15, 0.2) is 15.9 Å². The number of aliphatic hydroxyl groups is 1.